The summed E-state index contributed by atoms with van der Waals surface area (Å²) in [4.78, 5) is 15.2. The second kappa shape index (κ2) is 8.00. The Morgan fingerprint density at radius 3 is 2.45 bits per heavy atom. The van der Waals surface area contributed by atoms with E-state index in [0.29, 0.717) is 19.3 Å². The second-order valence-corrected chi connectivity index (χ2v) is 9.13. The molecule has 0 radical (unpaired) electrons. The zero-order chi connectivity index (χ0) is 20.7. The lowest BCUT2D eigenvalue weighted by Crippen LogP contribution is -2.27. The van der Waals surface area contributed by atoms with Crippen molar-refractivity contribution in [2.45, 2.75) is 13.8 Å². The van der Waals surface area contributed by atoms with E-state index in [-0.39, 0.29) is 5.91 Å². The highest BCUT2D eigenvalue weighted by Gasteiger charge is 2.33. The molecule has 29 heavy (non-hydrogen) atoms. The van der Waals surface area contributed by atoms with Gasteiger partial charge in [0.25, 0.3) is 5.91 Å². The average molecular weight is 459 g/mol. The van der Waals surface area contributed by atoms with Gasteiger partial charge in [-0.15, -0.1) is 0 Å². The Morgan fingerprint density at radius 2 is 1.76 bits per heavy atom. The van der Waals surface area contributed by atoms with E-state index >= 15 is 0 Å². The summed E-state index contributed by atoms with van der Waals surface area (Å²) in [6.45, 7) is 4.01. The monoisotopic (exact) mass is 458 g/mol. The first-order chi connectivity index (χ1) is 13.9. The summed E-state index contributed by atoms with van der Waals surface area (Å²) >= 11 is 19.2. The number of carbonyl (C=O) groups is 1. The van der Waals surface area contributed by atoms with Crippen molar-refractivity contribution >= 4 is 69.2 Å². The average Bonchev–Trinajstić information content (AvgIpc) is 3.11. The first-order valence-electron chi connectivity index (χ1n) is 8.84. The molecule has 1 aromatic heterocycles. The summed E-state index contributed by atoms with van der Waals surface area (Å²) in [6.07, 6.45) is 1.89. The molecule has 0 spiro atoms. The first-order valence-corrected chi connectivity index (χ1v) is 10.8. The fourth-order valence-corrected chi connectivity index (χ4v) is 5.16. The number of hydrogen-bond donors (Lipinski definition) is 0. The third-order valence-electron chi connectivity index (χ3n) is 4.72. The highest BCUT2D eigenvalue weighted by molar-refractivity contribution is 8.27. The number of nitrogens with zero attached hydrogens (tertiary/aromatic N) is 2. The number of benzene rings is 2. The van der Waals surface area contributed by atoms with E-state index in [1.807, 2.05) is 68.5 Å². The van der Waals surface area contributed by atoms with Gasteiger partial charge in [0.1, 0.15) is 0 Å². The number of thioether (sulfide) groups is 1. The Hall–Kier alpha value is -2.05. The quantitative estimate of drug-likeness (QED) is 0.318. The summed E-state index contributed by atoms with van der Waals surface area (Å²) in [5, 5.41) is 1.16. The third-order valence-corrected chi connectivity index (χ3v) is 6.56. The van der Waals surface area contributed by atoms with Crippen LogP contribution >= 0.6 is 47.2 Å². The van der Waals surface area contributed by atoms with Gasteiger partial charge in [0.2, 0.25) is 0 Å². The molecule has 1 aliphatic heterocycles. The fourth-order valence-electron chi connectivity index (χ4n) is 3.38. The van der Waals surface area contributed by atoms with E-state index in [4.69, 9.17) is 35.4 Å². The zero-order valence-electron chi connectivity index (χ0n) is 15.6. The summed E-state index contributed by atoms with van der Waals surface area (Å²) in [5.74, 6) is -0.111. The minimum Gasteiger partial charge on any atom is -0.316 e. The largest absolute Gasteiger partial charge is 0.316 e. The Labute approximate surface area is 188 Å². The lowest BCUT2D eigenvalue weighted by molar-refractivity contribution is -0.113. The molecule has 0 unspecified atom stereocenters. The van der Waals surface area contributed by atoms with Crippen LogP contribution in [0.25, 0.3) is 11.8 Å². The molecule has 2 heterocycles. The Balaban J connectivity index is 1.73. The zero-order valence-corrected chi connectivity index (χ0v) is 18.8. The van der Waals surface area contributed by atoms with Crippen LogP contribution in [0.15, 0.2) is 59.5 Å². The first kappa shape index (κ1) is 20.2. The van der Waals surface area contributed by atoms with Crippen LogP contribution < -0.4 is 4.90 Å². The van der Waals surface area contributed by atoms with Crippen molar-refractivity contribution in [3.63, 3.8) is 0 Å². The molecular formula is C22H16Cl2N2OS2. The minimum absolute atomic E-state index is 0.111. The standard InChI is InChI=1S/C22H16Cl2N2OS2/c1-13-10-15(14(2)25(13)19-9-8-16(23)12-18(19)24)11-20-21(27)26(22(28)29-20)17-6-4-3-5-7-17/h3-12H,1-2H3/b20-11+. The van der Waals surface area contributed by atoms with Crippen molar-refractivity contribution < 1.29 is 4.79 Å². The van der Waals surface area contributed by atoms with Gasteiger partial charge < -0.3 is 4.57 Å². The summed E-state index contributed by atoms with van der Waals surface area (Å²) in [6, 6.07) is 16.9. The summed E-state index contributed by atoms with van der Waals surface area (Å²) < 4.78 is 2.59. The number of aryl methyl sites for hydroxylation is 1. The molecule has 4 rings (SSSR count). The fraction of sp³-hybridized carbons (Fsp3) is 0.0909. The molecule has 1 fully saturated rings. The van der Waals surface area contributed by atoms with Crippen LogP contribution in [-0.2, 0) is 4.79 Å². The van der Waals surface area contributed by atoms with Gasteiger partial charge in [-0.2, -0.15) is 0 Å². The van der Waals surface area contributed by atoms with E-state index in [9.17, 15) is 4.79 Å². The van der Waals surface area contributed by atoms with Gasteiger partial charge in [0.15, 0.2) is 4.32 Å². The number of thiocarbonyl (C=S) groups is 1. The molecule has 0 bridgehead atoms. The van der Waals surface area contributed by atoms with E-state index in [2.05, 4.69) is 4.57 Å². The van der Waals surface area contributed by atoms with Gasteiger partial charge >= 0.3 is 0 Å². The number of anilines is 1. The predicted octanol–water partition coefficient (Wildman–Crippen LogP) is 6.81. The van der Waals surface area contributed by atoms with Crippen LogP contribution in [0.3, 0.4) is 0 Å². The summed E-state index contributed by atoms with van der Waals surface area (Å²) in [5.41, 5.74) is 4.56. The van der Waals surface area contributed by atoms with Gasteiger partial charge in [-0.3, -0.25) is 9.69 Å². The third kappa shape index (κ3) is 3.76. The maximum Gasteiger partial charge on any atom is 0.270 e. The van der Waals surface area contributed by atoms with Crippen molar-refractivity contribution in [2.24, 2.45) is 0 Å². The molecule has 1 saturated heterocycles. The lowest BCUT2D eigenvalue weighted by atomic mass is 10.2. The van der Waals surface area contributed by atoms with E-state index in [1.54, 1.807) is 11.0 Å². The van der Waals surface area contributed by atoms with E-state index in [1.165, 1.54) is 11.8 Å². The number of carbonyl (C=O) groups excluding carboxylic acids is 1. The van der Waals surface area contributed by atoms with Crippen LogP contribution in [0.4, 0.5) is 5.69 Å². The number of para-hydroxylation sites is 1. The van der Waals surface area contributed by atoms with Gasteiger partial charge in [0, 0.05) is 16.4 Å². The lowest BCUT2D eigenvalue weighted by Gasteiger charge is -2.13. The van der Waals surface area contributed by atoms with Gasteiger partial charge in [-0.1, -0.05) is 65.4 Å². The van der Waals surface area contributed by atoms with Crippen LogP contribution in [-0.4, -0.2) is 14.8 Å². The van der Waals surface area contributed by atoms with Crippen molar-refractivity contribution in [2.75, 3.05) is 4.90 Å². The van der Waals surface area contributed by atoms with Gasteiger partial charge in [0.05, 0.1) is 21.3 Å². The Kier molecular flexibility index (Phi) is 5.58. The normalized spacial score (nSPS) is 15.6. The van der Waals surface area contributed by atoms with Crippen molar-refractivity contribution in [3.8, 4) is 5.69 Å². The van der Waals surface area contributed by atoms with Crippen molar-refractivity contribution in [1.29, 1.82) is 0 Å². The van der Waals surface area contributed by atoms with Crippen LogP contribution in [0.1, 0.15) is 17.0 Å². The van der Waals surface area contributed by atoms with Crippen LogP contribution in [0.5, 0.6) is 0 Å². The highest BCUT2D eigenvalue weighted by Crippen LogP contribution is 2.37. The topological polar surface area (TPSA) is 25.2 Å². The molecule has 0 aliphatic carbocycles. The second-order valence-electron chi connectivity index (χ2n) is 6.61. The van der Waals surface area contributed by atoms with Gasteiger partial charge in [-0.25, -0.2) is 0 Å². The van der Waals surface area contributed by atoms with E-state index in [0.717, 1.165) is 28.3 Å². The Bertz CT molecular complexity index is 1170. The van der Waals surface area contributed by atoms with Crippen molar-refractivity contribution in [3.05, 3.63) is 86.5 Å². The molecule has 1 amide bonds. The number of rotatable bonds is 3. The van der Waals surface area contributed by atoms with Gasteiger partial charge in [-0.05, 0) is 61.9 Å². The maximum absolute atomic E-state index is 13.0. The maximum atomic E-state index is 13.0. The number of amides is 1. The smallest absolute Gasteiger partial charge is 0.270 e. The molecule has 0 atom stereocenters. The van der Waals surface area contributed by atoms with Crippen LogP contribution in [0, 0.1) is 13.8 Å². The minimum atomic E-state index is -0.111. The van der Waals surface area contributed by atoms with Crippen LogP contribution in [0.2, 0.25) is 10.0 Å². The molecule has 146 valence electrons. The predicted molar refractivity (Wildman–Crippen MR) is 127 cm³/mol. The molecule has 7 heteroatoms. The van der Waals surface area contributed by atoms with Crippen molar-refractivity contribution in [1.82, 2.24) is 4.57 Å². The number of halogens is 2. The number of aromatic nitrogens is 1. The molecule has 0 saturated carbocycles. The molecule has 3 nitrogen and oxygen atoms in total. The number of hydrogen-bond acceptors (Lipinski definition) is 3. The highest BCUT2D eigenvalue weighted by atomic mass is 35.5. The molecule has 2 aromatic carbocycles. The SMILES string of the molecule is Cc1cc(/C=C2/SC(=S)N(c3ccccc3)C2=O)c(C)n1-c1ccc(Cl)cc1Cl. The molecule has 1 aliphatic rings. The van der Waals surface area contributed by atoms with E-state index < -0.39 is 0 Å². The molecular weight excluding hydrogens is 443 g/mol. The summed E-state index contributed by atoms with van der Waals surface area (Å²) in [7, 11) is 0. The molecule has 0 N–H and O–H groups in total. The molecule has 3 aromatic rings. The Morgan fingerprint density at radius 1 is 1.03 bits per heavy atom.